The van der Waals surface area contributed by atoms with Crippen LogP contribution in [0, 0.1) is 6.92 Å². The first-order chi connectivity index (χ1) is 12.7. The molecule has 2 aromatic carbocycles. The van der Waals surface area contributed by atoms with Crippen LogP contribution in [-0.2, 0) is 0 Å². The fraction of sp³-hybridized carbons (Fsp3) is 0.0526. The van der Waals surface area contributed by atoms with Gasteiger partial charge in [-0.05, 0) is 48.9 Å². The van der Waals surface area contributed by atoms with E-state index in [0.29, 0.717) is 11.5 Å². The van der Waals surface area contributed by atoms with E-state index in [-0.39, 0.29) is 5.75 Å². The number of aromatic hydroxyl groups is 1. The minimum atomic E-state index is 0.209. The highest BCUT2D eigenvalue weighted by Crippen LogP contribution is 2.24. The maximum atomic E-state index is 9.45. The summed E-state index contributed by atoms with van der Waals surface area (Å²) < 4.78 is 3.45. The quantitative estimate of drug-likeness (QED) is 0.533. The van der Waals surface area contributed by atoms with Crippen molar-refractivity contribution in [1.29, 1.82) is 0 Å². The second-order valence-electron chi connectivity index (χ2n) is 6.13. The van der Waals surface area contributed by atoms with Crippen LogP contribution in [0.3, 0.4) is 0 Å². The molecule has 7 nitrogen and oxygen atoms in total. The average Bonchev–Trinajstić information content (AvgIpc) is 3.26. The van der Waals surface area contributed by atoms with E-state index in [1.807, 2.05) is 25.1 Å². The van der Waals surface area contributed by atoms with Gasteiger partial charge in [0.1, 0.15) is 12.1 Å². The Kier molecular flexibility index (Phi) is 3.02. The first-order valence-electron chi connectivity index (χ1n) is 8.14. The number of phenolic OH excluding ortho intramolecular Hbond substituents is 1. The van der Waals surface area contributed by atoms with E-state index >= 15 is 0 Å². The fourth-order valence-electron chi connectivity index (χ4n) is 3.00. The monoisotopic (exact) mass is 342 g/mol. The summed E-state index contributed by atoms with van der Waals surface area (Å²) in [5, 5.41) is 19.2. The summed E-state index contributed by atoms with van der Waals surface area (Å²) in [6.45, 7) is 2.04. The third-order valence-electron chi connectivity index (χ3n) is 4.28. The third kappa shape index (κ3) is 2.21. The first kappa shape index (κ1) is 14.6. The molecule has 126 valence electrons. The molecule has 26 heavy (non-hydrogen) atoms. The Hall–Kier alpha value is -3.74. The van der Waals surface area contributed by atoms with Crippen LogP contribution in [0.2, 0.25) is 0 Å². The third-order valence-corrected chi connectivity index (χ3v) is 4.28. The molecule has 0 radical (unpaired) electrons. The molecule has 0 fully saturated rings. The minimum Gasteiger partial charge on any atom is -0.508 e. The molecule has 3 heterocycles. The van der Waals surface area contributed by atoms with Crippen LogP contribution in [0.25, 0.3) is 33.8 Å². The average molecular weight is 342 g/mol. The Balaban J connectivity index is 1.70. The molecular weight excluding hydrogens is 328 g/mol. The van der Waals surface area contributed by atoms with Crippen LogP contribution in [0.15, 0.2) is 61.1 Å². The van der Waals surface area contributed by atoms with Gasteiger partial charge in [0.15, 0.2) is 17.1 Å². The van der Waals surface area contributed by atoms with Gasteiger partial charge in [0.2, 0.25) is 0 Å². The van der Waals surface area contributed by atoms with Crippen molar-refractivity contribution >= 4 is 16.7 Å². The molecule has 0 saturated carbocycles. The highest BCUT2D eigenvalue weighted by molar-refractivity contribution is 5.90. The van der Waals surface area contributed by atoms with Crippen LogP contribution in [0.4, 0.5) is 0 Å². The van der Waals surface area contributed by atoms with E-state index in [1.54, 1.807) is 46.0 Å². The number of hydrogen-bond acceptors (Lipinski definition) is 5. The van der Waals surface area contributed by atoms with Gasteiger partial charge in [0.05, 0.1) is 17.3 Å². The summed E-state index contributed by atoms with van der Waals surface area (Å²) in [7, 11) is 0. The fourth-order valence-corrected chi connectivity index (χ4v) is 3.00. The number of aryl methyl sites for hydroxylation is 1. The number of rotatable bonds is 2. The molecule has 0 aliphatic heterocycles. The first-order valence-corrected chi connectivity index (χ1v) is 8.14. The Morgan fingerprint density at radius 1 is 1.00 bits per heavy atom. The van der Waals surface area contributed by atoms with Crippen LogP contribution in [0.1, 0.15) is 5.56 Å². The molecule has 3 aromatic heterocycles. The molecule has 0 atom stereocenters. The molecular formula is C19H14N6O. The molecule has 0 spiro atoms. The van der Waals surface area contributed by atoms with Crippen LogP contribution in [0.5, 0.6) is 5.75 Å². The van der Waals surface area contributed by atoms with Gasteiger partial charge in [0, 0.05) is 5.56 Å². The molecule has 0 amide bonds. The summed E-state index contributed by atoms with van der Waals surface area (Å²) in [5.74, 6) is 0.781. The number of aromatic nitrogens is 6. The zero-order valence-electron chi connectivity index (χ0n) is 13.9. The van der Waals surface area contributed by atoms with E-state index in [1.165, 1.54) is 0 Å². The van der Waals surface area contributed by atoms with Crippen molar-refractivity contribution in [3.63, 3.8) is 0 Å². The van der Waals surface area contributed by atoms with E-state index in [0.717, 1.165) is 27.8 Å². The van der Waals surface area contributed by atoms with Crippen molar-refractivity contribution in [3.05, 3.63) is 66.6 Å². The smallest absolute Gasteiger partial charge is 0.182 e. The topological polar surface area (TPSA) is 81.1 Å². The van der Waals surface area contributed by atoms with Crippen molar-refractivity contribution in [1.82, 2.24) is 29.4 Å². The predicted molar refractivity (Wildman–Crippen MR) is 97.2 cm³/mol. The zero-order chi connectivity index (χ0) is 17.7. The van der Waals surface area contributed by atoms with Gasteiger partial charge in [-0.15, -0.1) is 5.10 Å². The van der Waals surface area contributed by atoms with E-state index in [9.17, 15) is 5.11 Å². The molecule has 0 aliphatic carbocycles. The minimum absolute atomic E-state index is 0.209. The maximum Gasteiger partial charge on any atom is 0.182 e. The van der Waals surface area contributed by atoms with Crippen LogP contribution >= 0.6 is 0 Å². The Labute approximate surface area is 148 Å². The molecule has 0 bridgehead atoms. The van der Waals surface area contributed by atoms with E-state index in [2.05, 4.69) is 26.2 Å². The van der Waals surface area contributed by atoms with Crippen molar-refractivity contribution in [2.75, 3.05) is 0 Å². The van der Waals surface area contributed by atoms with Crippen LogP contribution < -0.4 is 0 Å². The van der Waals surface area contributed by atoms with Gasteiger partial charge in [-0.25, -0.2) is 19.2 Å². The molecule has 1 N–H and O–H groups in total. The Bertz CT molecular complexity index is 1250. The molecule has 7 heteroatoms. The molecule has 0 unspecified atom stereocenters. The number of phenols is 1. The summed E-state index contributed by atoms with van der Waals surface area (Å²) in [4.78, 5) is 9.16. The SMILES string of the molecule is Cc1cccc(-n2ncc3c2ncn2nc(-c4ccc(O)cc4)nc32)c1. The lowest BCUT2D eigenvalue weighted by molar-refractivity contribution is 0.475. The number of nitrogens with zero attached hydrogens (tertiary/aromatic N) is 6. The highest BCUT2D eigenvalue weighted by Gasteiger charge is 2.14. The predicted octanol–water partition coefficient (Wildman–Crippen LogP) is 3.14. The number of hydrogen-bond donors (Lipinski definition) is 1. The van der Waals surface area contributed by atoms with Gasteiger partial charge < -0.3 is 5.11 Å². The lowest BCUT2D eigenvalue weighted by atomic mass is 10.2. The molecule has 5 rings (SSSR count). The maximum absolute atomic E-state index is 9.45. The van der Waals surface area contributed by atoms with E-state index in [4.69, 9.17) is 0 Å². The van der Waals surface area contributed by atoms with Gasteiger partial charge in [-0.1, -0.05) is 12.1 Å². The summed E-state index contributed by atoms with van der Waals surface area (Å²) in [6.07, 6.45) is 3.40. The zero-order valence-corrected chi connectivity index (χ0v) is 13.9. The van der Waals surface area contributed by atoms with Gasteiger partial charge >= 0.3 is 0 Å². The lowest BCUT2D eigenvalue weighted by Crippen LogP contribution is -1.99. The number of fused-ring (bicyclic) bond motifs is 3. The molecule has 5 aromatic rings. The van der Waals surface area contributed by atoms with E-state index < -0.39 is 0 Å². The molecule has 0 aliphatic rings. The van der Waals surface area contributed by atoms with Crippen molar-refractivity contribution in [2.45, 2.75) is 6.92 Å². The Morgan fingerprint density at radius 3 is 2.65 bits per heavy atom. The largest absolute Gasteiger partial charge is 0.508 e. The number of benzene rings is 2. The summed E-state index contributed by atoms with van der Waals surface area (Å²) >= 11 is 0. The van der Waals surface area contributed by atoms with Gasteiger partial charge in [0.25, 0.3) is 0 Å². The summed E-state index contributed by atoms with van der Waals surface area (Å²) in [5.41, 5.74) is 4.36. The van der Waals surface area contributed by atoms with Crippen LogP contribution in [-0.4, -0.2) is 34.5 Å². The normalized spacial score (nSPS) is 11.4. The standard InChI is InChI=1S/C19H14N6O/c1-12-3-2-4-14(9-12)25-18-16(10-21-25)19-22-17(23-24(19)11-20-18)13-5-7-15(26)8-6-13/h2-11,26H,1H3. The van der Waals surface area contributed by atoms with Crippen molar-refractivity contribution < 1.29 is 5.11 Å². The molecule has 0 saturated heterocycles. The van der Waals surface area contributed by atoms with Gasteiger partial charge in [-0.2, -0.15) is 5.10 Å². The van der Waals surface area contributed by atoms with Crippen molar-refractivity contribution in [3.8, 4) is 22.8 Å². The van der Waals surface area contributed by atoms with Crippen molar-refractivity contribution in [2.24, 2.45) is 0 Å². The lowest BCUT2D eigenvalue weighted by Gasteiger charge is -2.03. The second-order valence-corrected chi connectivity index (χ2v) is 6.13. The van der Waals surface area contributed by atoms with Gasteiger partial charge in [-0.3, -0.25) is 0 Å². The Morgan fingerprint density at radius 2 is 1.85 bits per heavy atom. The second kappa shape index (κ2) is 5.38. The summed E-state index contributed by atoms with van der Waals surface area (Å²) in [6, 6.07) is 14.9. The highest BCUT2D eigenvalue weighted by atomic mass is 16.3.